The van der Waals surface area contributed by atoms with E-state index in [1.807, 2.05) is 47.0 Å². The van der Waals surface area contributed by atoms with Crippen LogP contribution < -0.4 is 0 Å². The second-order valence-electron chi connectivity index (χ2n) is 6.60. The minimum Gasteiger partial charge on any atom is -0.432 e. The van der Waals surface area contributed by atoms with Crippen LogP contribution in [-0.2, 0) is 11.4 Å². The molecule has 0 aliphatic rings. The van der Waals surface area contributed by atoms with Crippen LogP contribution in [0.15, 0.2) is 88.8 Å². The predicted molar refractivity (Wildman–Crippen MR) is 114 cm³/mol. The molecule has 3 aromatic carbocycles. The lowest BCUT2D eigenvalue weighted by Crippen LogP contribution is -1.93. The number of halogens is 1. The van der Waals surface area contributed by atoms with E-state index in [0.717, 1.165) is 27.9 Å². The van der Waals surface area contributed by atoms with Crippen molar-refractivity contribution in [1.29, 1.82) is 0 Å². The molecule has 5 nitrogen and oxygen atoms in total. The molecule has 5 aromatic rings. The number of benzene rings is 3. The van der Waals surface area contributed by atoms with Crippen LogP contribution in [0.1, 0.15) is 11.3 Å². The first kappa shape index (κ1) is 17.5. The average molecular weight is 402 g/mol. The lowest BCUT2D eigenvalue weighted by Gasteiger charge is -2.03. The van der Waals surface area contributed by atoms with Crippen molar-refractivity contribution in [1.82, 2.24) is 9.38 Å². The maximum absolute atomic E-state index is 5.91. The lowest BCUT2D eigenvalue weighted by molar-refractivity contribution is 0.132. The van der Waals surface area contributed by atoms with Crippen molar-refractivity contribution in [3.05, 3.63) is 95.5 Å². The van der Waals surface area contributed by atoms with E-state index in [9.17, 15) is 0 Å². The molecule has 0 spiro atoms. The van der Waals surface area contributed by atoms with Gasteiger partial charge in [-0.25, -0.2) is 0 Å². The van der Waals surface area contributed by atoms with Gasteiger partial charge in [-0.05, 0) is 34.5 Å². The molecule has 0 aliphatic carbocycles. The second kappa shape index (κ2) is 7.45. The molecule has 0 radical (unpaired) electrons. The molecule has 5 rings (SSSR count). The van der Waals surface area contributed by atoms with E-state index in [1.165, 1.54) is 5.39 Å². The monoisotopic (exact) mass is 401 g/mol. The van der Waals surface area contributed by atoms with Crippen LogP contribution in [0.25, 0.3) is 27.9 Å². The summed E-state index contributed by atoms with van der Waals surface area (Å²) in [6.45, 7) is 0.353. The molecule has 0 bridgehead atoms. The van der Waals surface area contributed by atoms with Gasteiger partial charge in [-0.1, -0.05) is 65.3 Å². The largest absolute Gasteiger partial charge is 0.432 e. The number of rotatable bonds is 5. The van der Waals surface area contributed by atoms with Gasteiger partial charge < -0.3 is 9.25 Å². The lowest BCUT2D eigenvalue weighted by atomic mass is 10.0. The summed E-state index contributed by atoms with van der Waals surface area (Å²) in [6.07, 6.45) is 5.07. The van der Waals surface area contributed by atoms with Gasteiger partial charge in [-0.15, -0.1) is 0 Å². The second-order valence-corrected chi connectivity index (χ2v) is 7.03. The summed E-state index contributed by atoms with van der Waals surface area (Å²) in [5.74, 6) is 0.507. The Morgan fingerprint density at radius 3 is 2.72 bits per heavy atom. The Balaban J connectivity index is 1.46. The summed E-state index contributed by atoms with van der Waals surface area (Å²) in [6, 6.07) is 22.0. The van der Waals surface area contributed by atoms with Crippen LogP contribution in [0.2, 0.25) is 5.02 Å². The maximum atomic E-state index is 5.91. The number of oxazole rings is 1. The van der Waals surface area contributed by atoms with Crippen molar-refractivity contribution >= 4 is 34.4 Å². The number of aromatic nitrogens is 2. The highest BCUT2D eigenvalue weighted by Crippen LogP contribution is 2.27. The highest BCUT2D eigenvalue weighted by molar-refractivity contribution is 6.30. The Kier molecular flexibility index (Phi) is 4.50. The minimum absolute atomic E-state index is 0.353. The van der Waals surface area contributed by atoms with E-state index in [2.05, 4.69) is 40.5 Å². The highest BCUT2D eigenvalue weighted by Gasteiger charge is 2.15. The summed E-state index contributed by atoms with van der Waals surface area (Å²) < 4.78 is 7.32. The molecule has 2 heterocycles. The summed E-state index contributed by atoms with van der Waals surface area (Å²) in [7, 11) is 0. The number of nitrogens with zero attached hydrogens (tertiary/aromatic N) is 3. The van der Waals surface area contributed by atoms with Gasteiger partial charge >= 0.3 is 5.84 Å². The Hall–Kier alpha value is -3.57. The van der Waals surface area contributed by atoms with Gasteiger partial charge in [0.05, 0.1) is 11.9 Å². The average Bonchev–Trinajstić information content (AvgIpc) is 3.34. The summed E-state index contributed by atoms with van der Waals surface area (Å²) in [5, 5.41) is 7.17. The zero-order valence-electron chi connectivity index (χ0n) is 15.3. The van der Waals surface area contributed by atoms with Crippen LogP contribution >= 0.6 is 11.6 Å². The standard InChI is InChI=1S/C23H16ClN3O2/c24-20-9-5-16(6-10-20)15-29-25-14-21-22(26-23-27(21)11-12-28-23)19-8-7-17-3-1-2-4-18(17)13-19/h1-14H,15H2/b25-14+. The first-order chi connectivity index (χ1) is 14.3. The SMILES string of the molecule is Clc1ccc(CO/N=C/c2c(-c3ccc4ccccc4c3)nc3occn23)cc1. The molecule has 0 amide bonds. The van der Waals surface area contributed by atoms with E-state index in [-0.39, 0.29) is 0 Å². The van der Waals surface area contributed by atoms with Gasteiger partial charge in [0.15, 0.2) is 0 Å². The van der Waals surface area contributed by atoms with Crippen LogP contribution in [0, 0.1) is 0 Å². The van der Waals surface area contributed by atoms with E-state index in [4.69, 9.17) is 20.9 Å². The zero-order valence-corrected chi connectivity index (χ0v) is 16.1. The highest BCUT2D eigenvalue weighted by atomic mass is 35.5. The van der Waals surface area contributed by atoms with Gasteiger partial charge in [-0.3, -0.25) is 4.40 Å². The molecule has 0 saturated carbocycles. The van der Waals surface area contributed by atoms with Crippen LogP contribution in [0.3, 0.4) is 0 Å². The Morgan fingerprint density at radius 1 is 1.03 bits per heavy atom. The third kappa shape index (κ3) is 3.48. The fraction of sp³-hybridized carbons (Fsp3) is 0.0435. The van der Waals surface area contributed by atoms with Crippen molar-refractivity contribution < 1.29 is 9.25 Å². The van der Waals surface area contributed by atoms with Gasteiger partial charge in [0.2, 0.25) is 0 Å². The van der Waals surface area contributed by atoms with E-state index >= 15 is 0 Å². The molecule has 2 aromatic heterocycles. The first-order valence-corrected chi connectivity index (χ1v) is 9.50. The molecule has 0 atom stereocenters. The zero-order chi connectivity index (χ0) is 19.6. The fourth-order valence-electron chi connectivity index (χ4n) is 3.26. The van der Waals surface area contributed by atoms with Crippen molar-refractivity contribution in [3.8, 4) is 11.3 Å². The number of hydrogen-bond donors (Lipinski definition) is 0. The fourth-order valence-corrected chi connectivity index (χ4v) is 3.38. The summed E-state index contributed by atoms with van der Waals surface area (Å²) in [4.78, 5) is 10.1. The Bertz CT molecular complexity index is 1320. The van der Waals surface area contributed by atoms with Gasteiger partial charge in [0.25, 0.3) is 0 Å². The molecule has 142 valence electrons. The van der Waals surface area contributed by atoms with Crippen LogP contribution in [-0.4, -0.2) is 15.6 Å². The van der Waals surface area contributed by atoms with Crippen molar-refractivity contribution in [3.63, 3.8) is 0 Å². The normalized spacial score (nSPS) is 11.6. The van der Waals surface area contributed by atoms with E-state index < -0.39 is 0 Å². The molecule has 0 saturated heterocycles. The van der Waals surface area contributed by atoms with Crippen molar-refractivity contribution in [2.75, 3.05) is 0 Å². The van der Waals surface area contributed by atoms with Gasteiger partial charge in [0, 0.05) is 16.8 Å². The number of oxime groups is 1. The van der Waals surface area contributed by atoms with Crippen molar-refractivity contribution in [2.45, 2.75) is 6.61 Å². The number of fused-ring (bicyclic) bond motifs is 2. The molecule has 0 N–H and O–H groups in total. The minimum atomic E-state index is 0.353. The molecular formula is C23H16ClN3O2. The predicted octanol–water partition coefficient (Wildman–Crippen LogP) is 5.95. The first-order valence-electron chi connectivity index (χ1n) is 9.12. The molecular weight excluding hydrogens is 386 g/mol. The smallest absolute Gasteiger partial charge is 0.306 e. The summed E-state index contributed by atoms with van der Waals surface area (Å²) >= 11 is 5.91. The molecule has 29 heavy (non-hydrogen) atoms. The summed E-state index contributed by atoms with van der Waals surface area (Å²) in [5.41, 5.74) is 3.55. The maximum Gasteiger partial charge on any atom is 0.306 e. The third-order valence-electron chi connectivity index (χ3n) is 4.72. The quantitative estimate of drug-likeness (QED) is 0.270. The molecule has 0 unspecified atom stereocenters. The third-order valence-corrected chi connectivity index (χ3v) is 4.97. The topological polar surface area (TPSA) is 52.0 Å². The van der Waals surface area contributed by atoms with Crippen LogP contribution in [0.4, 0.5) is 0 Å². The molecule has 6 heteroatoms. The van der Waals surface area contributed by atoms with Crippen molar-refractivity contribution in [2.24, 2.45) is 5.16 Å². The van der Waals surface area contributed by atoms with E-state index in [1.54, 1.807) is 12.5 Å². The van der Waals surface area contributed by atoms with Crippen LogP contribution in [0.5, 0.6) is 0 Å². The van der Waals surface area contributed by atoms with E-state index in [0.29, 0.717) is 17.5 Å². The number of imidazole rings is 1. The van der Waals surface area contributed by atoms with Gasteiger partial charge in [-0.2, -0.15) is 4.98 Å². The molecule has 0 aliphatic heterocycles. The Morgan fingerprint density at radius 2 is 1.86 bits per heavy atom. The van der Waals surface area contributed by atoms with Gasteiger partial charge in [0.1, 0.15) is 18.6 Å². The Labute approximate surface area is 171 Å². The molecule has 0 fully saturated rings. The number of hydrogen-bond acceptors (Lipinski definition) is 4.